The molecular weight excluding hydrogens is 298 g/mol. The van der Waals surface area contributed by atoms with Gasteiger partial charge in [-0.15, -0.1) is 0 Å². The second-order valence-corrected chi connectivity index (χ2v) is 6.76. The number of nitrogens with one attached hydrogen (secondary N) is 2. The summed E-state index contributed by atoms with van der Waals surface area (Å²) in [5.41, 5.74) is 3.87. The second-order valence-electron chi connectivity index (χ2n) is 6.76. The third-order valence-electron chi connectivity index (χ3n) is 5.01. The first-order chi connectivity index (χ1) is 11.9. The number of rotatable bonds is 4. The van der Waals surface area contributed by atoms with Crippen LogP contribution in [0.15, 0.2) is 36.7 Å². The minimum atomic E-state index is 0.523. The van der Waals surface area contributed by atoms with Gasteiger partial charge in [0.25, 0.3) is 0 Å². The van der Waals surface area contributed by atoms with Crippen molar-refractivity contribution in [3.05, 3.63) is 53.5 Å². The van der Waals surface area contributed by atoms with Gasteiger partial charge in [-0.3, -0.25) is 4.90 Å². The Hall–Kier alpha value is -1.98. The fourth-order valence-corrected chi connectivity index (χ4v) is 3.66. The molecule has 24 heavy (non-hydrogen) atoms. The third-order valence-corrected chi connectivity index (χ3v) is 5.01. The molecule has 3 heterocycles. The SMILES string of the molecule is c1ccc(CN2CCc3ncnc(NC4CCNCC4)c3C2)cc1. The van der Waals surface area contributed by atoms with E-state index in [1.807, 2.05) is 0 Å². The van der Waals surface area contributed by atoms with Gasteiger partial charge >= 0.3 is 0 Å². The summed E-state index contributed by atoms with van der Waals surface area (Å²) in [6, 6.07) is 11.2. The van der Waals surface area contributed by atoms with Crippen LogP contribution in [0.5, 0.6) is 0 Å². The Balaban J connectivity index is 1.49. The van der Waals surface area contributed by atoms with E-state index in [-0.39, 0.29) is 0 Å². The van der Waals surface area contributed by atoms with Crippen molar-refractivity contribution in [2.24, 2.45) is 0 Å². The number of nitrogens with zero attached hydrogens (tertiary/aromatic N) is 3. The minimum Gasteiger partial charge on any atom is -0.367 e. The Morgan fingerprint density at radius 1 is 1.12 bits per heavy atom. The van der Waals surface area contributed by atoms with Crippen molar-refractivity contribution in [1.82, 2.24) is 20.2 Å². The molecule has 5 heteroatoms. The number of aromatic nitrogens is 2. The van der Waals surface area contributed by atoms with Crippen LogP contribution in [0.4, 0.5) is 5.82 Å². The summed E-state index contributed by atoms with van der Waals surface area (Å²) in [5, 5.41) is 7.09. The molecule has 1 aromatic heterocycles. The van der Waals surface area contributed by atoms with Crippen molar-refractivity contribution in [2.75, 3.05) is 25.0 Å². The average molecular weight is 323 g/mol. The Bertz CT molecular complexity index is 667. The van der Waals surface area contributed by atoms with Crippen molar-refractivity contribution in [3.63, 3.8) is 0 Å². The maximum absolute atomic E-state index is 4.56. The molecule has 4 rings (SSSR count). The Labute approximate surface area is 143 Å². The maximum Gasteiger partial charge on any atom is 0.134 e. The summed E-state index contributed by atoms with van der Waals surface area (Å²) in [4.78, 5) is 11.6. The summed E-state index contributed by atoms with van der Waals surface area (Å²) < 4.78 is 0. The van der Waals surface area contributed by atoms with Gasteiger partial charge < -0.3 is 10.6 Å². The van der Waals surface area contributed by atoms with E-state index in [1.165, 1.54) is 16.8 Å². The molecule has 1 fully saturated rings. The molecule has 2 aliphatic heterocycles. The average Bonchev–Trinajstić information content (AvgIpc) is 2.64. The van der Waals surface area contributed by atoms with Gasteiger partial charge in [0, 0.05) is 37.7 Å². The minimum absolute atomic E-state index is 0.523. The third kappa shape index (κ3) is 3.57. The number of hydrogen-bond donors (Lipinski definition) is 2. The van der Waals surface area contributed by atoms with Crippen molar-refractivity contribution in [3.8, 4) is 0 Å². The number of anilines is 1. The lowest BCUT2D eigenvalue weighted by molar-refractivity contribution is 0.243. The number of piperidine rings is 1. The van der Waals surface area contributed by atoms with Gasteiger partial charge in [-0.2, -0.15) is 0 Å². The normalized spacial score (nSPS) is 19.0. The van der Waals surface area contributed by atoms with Crippen LogP contribution in [0.3, 0.4) is 0 Å². The first-order valence-corrected chi connectivity index (χ1v) is 8.95. The predicted molar refractivity (Wildman–Crippen MR) is 95.8 cm³/mol. The molecule has 0 spiro atoms. The van der Waals surface area contributed by atoms with E-state index in [0.717, 1.165) is 57.8 Å². The van der Waals surface area contributed by atoms with Crippen molar-refractivity contribution >= 4 is 5.82 Å². The molecule has 5 nitrogen and oxygen atoms in total. The Morgan fingerprint density at radius 3 is 2.79 bits per heavy atom. The Kier molecular flexibility index (Phi) is 4.71. The van der Waals surface area contributed by atoms with Gasteiger partial charge in [-0.05, 0) is 31.5 Å². The molecule has 0 radical (unpaired) electrons. The van der Waals surface area contributed by atoms with Crippen LogP contribution < -0.4 is 10.6 Å². The molecule has 1 aromatic carbocycles. The zero-order valence-corrected chi connectivity index (χ0v) is 14.0. The topological polar surface area (TPSA) is 53.1 Å². The van der Waals surface area contributed by atoms with Crippen LogP contribution in [0.1, 0.15) is 29.7 Å². The molecule has 1 saturated heterocycles. The second kappa shape index (κ2) is 7.28. The van der Waals surface area contributed by atoms with E-state index in [1.54, 1.807) is 6.33 Å². The lowest BCUT2D eigenvalue weighted by atomic mass is 10.0. The molecular formula is C19H25N5. The first kappa shape index (κ1) is 15.5. The van der Waals surface area contributed by atoms with Gasteiger partial charge in [0.15, 0.2) is 0 Å². The van der Waals surface area contributed by atoms with Crippen LogP contribution in [0.2, 0.25) is 0 Å². The molecule has 126 valence electrons. The van der Waals surface area contributed by atoms with Gasteiger partial charge in [0.05, 0.1) is 5.69 Å². The molecule has 2 aliphatic rings. The fraction of sp³-hybridized carbons (Fsp3) is 0.474. The molecule has 0 atom stereocenters. The largest absolute Gasteiger partial charge is 0.367 e. The highest BCUT2D eigenvalue weighted by Gasteiger charge is 2.23. The van der Waals surface area contributed by atoms with Gasteiger partial charge in [0.1, 0.15) is 12.1 Å². The summed E-state index contributed by atoms with van der Waals surface area (Å²) in [5.74, 6) is 1.05. The zero-order valence-electron chi connectivity index (χ0n) is 14.0. The summed E-state index contributed by atoms with van der Waals surface area (Å²) in [7, 11) is 0. The fourth-order valence-electron chi connectivity index (χ4n) is 3.66. The van der Waals surface area contributed by atoms with E-state index < -0.39 is 0 Å². The van der Waals surface area contributed by atoms with Gasteiger partial charge in [0.2, 0.25) is 0 Å². The predicted octanol–water partition coefficient (Wildman–Crippen LogP) is 2.20. The zero-order chi connectivity index (χ0) is 16.2. The monoisotopic (exact) mass is 323 g/mol. The highest BCUT2D eigenvalue weighted by molar-refractivity contribution is 5.47. The molecule has 2 N–H and O–H groups in total. The van der Waals surface area contributed by atoms with Crippen LogP contribution in [0.25, 0.3) is 0 Å². The van der Waals surface area contributed by atoms with Gasteiger partial charge in [-0.1, -0.05) is 30.3 Å². The van der Waals surface area contributed by atoms with E-state index in [2.05, 4.69) is 55.8 Å². The van der Waals surface area contributed by atoms with Crippen LogP contribution in [0, 0.1) is 0 Å². The van der Waals surface area contributed by atoms with Crippen molar-refractivity contribution in [1.29, 1.82) is 0 Å². The summed E-state index contributed by atoms with van der Waals surface area (Å²) in [6.07, 6.45) is 5.04. The molecule has 0 aliphatic carbocycles. The molecule has 0 saturated carbocycles. The van der Waals surface area contributed by atoms with E-state index in [9.17, 15) is 0 Å². The first-order valence-electron chi connectivity index (χ1n) is 8.95. The molecule has 0 bridgehead atoms. The van der Waals surface area contributed by atoms with E-state index in [4.69, 9.17) is 0 Å². The standard InChI is InChI=1S/C19H25N5/c1-2-4-15(5-3-1)12-24-11-8-18-17(13-24)19(22-14-21-18)23-16-6-9-20-10-7-16/h1-5,14,16,20H,6-13H2,(H,21,22,23). The van der Waals surface area contributed by atoms with E-state index in [0.29, 0.717) is 6.04 Å². The summed E-state index contributed by atoms with van der Waals surface area (Å²) >= 11 is 0. The summed E-state index contributed by atoms with van der Waals surface area (Å²) in [6.45, 7) is 5.15. The number of fused-ring (bicyclic) bond motifs is 1. The van der Waals surface area contributed by atoms with Crippen LogP contribution >= 0.6 is 0 Å². The molecule has 0 amide bonds. The molecule has 2 aromatic rings. The smallest absolute Gasteiger partial charge is 0.134 e. The van der Waals surface area contributed by atoms with Crippen LogP contribution in [-0.2, 0) is 19.5 Å². The van der Waals surface area contributed by atoms with Crippen LogP contribution in [-0.4, -0.2) is 40.5 Å². The maximum atomic E-state index is 4.56. The number of hydrogen-bond acceptors (Lipinski definition) is 5. The highest BCUT2D eigenvalue weighted by atomic mass is 15.1. The Morgan fingerprint density at radius 2 is 1.96 bits per heavy atom. The van der Waals surface area contributed by atoms with Gasteiger partial charge in [-0.25, -0.2) is 9.97 Å². The quantitative estimate of drug-likeness (QED) is 0.903. The lowest BCUT2D eigenvalue weighted by Gasteiger charge is -2.31. The van der Waals surface area contributed by atoms with Crippen molar-refractivity contribution < 1.29 is 0 Å². The van der Waals surface area contributed by atoms with Crippen molar-refractivity contribution in [2.45, 2.75) is 38.4 Å². The highest BCUT2D eigenvalue weighted by Crippen LogP contribution is 2.25. The lowest BCUT2D eigenvalue weighted by Crippen LogP contribution is -2.37. The van der Waals surface area contributed by atoms with E-state index >= 15 is 0 Å². The number of benzene rings is 1. The molecule has 0 unspecified atom stereocenters.